The Bertz CT molecular complexity index is 491. The van der Waals surface area contributed by atoms with Crippen molar-refractivity contribution < 1.29 is 9.53 Å². The molecule has 0 spiro atoms. The van der Waals surface area contributed by atoms with Crippen LogP contribution < -0.4 is 4.74 Å². The lowest BCUT2D eigenvalue weighted by Crippen LogP contribution is -2.41. The van der Waals surface area contributed by atoms with Crippen LogP contribution in [0.15, 0.2) is 24.3 Å². The van der Waals surface area contributed by atoms with Gasteiger partial charge in [-0.05, 0) is 56.5 Å². The van der Waals surface area contributed by atoms with Gasteiger partial charge in [0.15, 0.2) is 0 Å². The minimum atomic E-state index is 0.181. The summed E-state index contributed by atoms with van der Waals surface area (Å²) in [6.07, 6.45) is 7.92. The predicted octanol–water partition coefficient (Wildman–Crippen LogP) is 3.98. The van der Waals surface area contributed by atoms with E-state index < -0.39 is 0 Å². The Hall–Kier alpha value is -1.35. The third-order valence-corrected chi connectivity index (χ3v) is 5.22. The Morgan fingerprint density at radius 3 is 2.41 bits per heavy atom. The molecule has 0 bridgehead atoms. The molecule has 1 aromatic rings. The first-order valence-electron chi connectivity index (χ1n) is 8.70. The topological polar surface area (TPSA) is 29.5 Å². The van der Waals surface area contributed by atoms with Crippen LogP contribution in [0.1, 0.15) is 56.6 Å². The molecule has 0 N–H and O–H groups in total. The number of Topliss-reactive ketones (excluding diaryl/α,β-unsaturated/α-hetero) is 1. The zero-order chi connectivity index (χ0) is 15.4. The summed E-state index contributed by atoms with van der Waals surface area (Å²) in [4.78, 5) is 15.1. The van der Waals surface area contributed by atoms with Crippen LogP contribution in [0.3, 0.4) is 0 Å². The quantitative estimate of drug-likeness (QED) is 0.842. The average Bonchev–Trinajstić information content (AvgIpc) is 2.58. The van der Waals surface area contributed by atoms with Gasteiger partial charge in [0.25, 0.3) is 0 Å². The third-order valence-electron chi connectivity index (χ3n) is 5.22. The molecule has 2 unspecified atom stereocenters. The summed E-state index contributed by atoms with van der Waals surface area (Å²) in [7, 11) is 1.70. The van der Waals surface area contributed by atoms with Crippen LogP contribution in [0.4, 0.5) is 0 Å². The number of hydrogen-bond acceptors (Lipinski definition) is 3. The van der Waals surface area contributed by atoms with Gasteiger partial charge in [0.2, 0.25) is 0 Å². The average molecular weight is 301 g/mol. The smallest absolute Gasteiger partial charge is 0.137 e. The molecule has 2 fully saturated rings. The number of likely N-dealkylation sites (tertiary alicyclic amines) is 1. The summed E-state index contributed by atoms with van der Waals surface area (Å²) >= 11 is 0. The summed E-state index contributed by atoms with van der Waals surface area (Å²) in [5.41, 5.74) is 1.28. The van der Waals surface area contributed by atoms with Gasteiger partial charge in [-0.1, -0.05) is 25.0 Å². The van der Waals surface area contributed by atoms with Gasteiger partial charge >= 0.3 is 0 Å². The van der Waals surface area contributed by atoms with Crippen LogP contribution >= 0.6 is 0 Å². The van der Waals surface area contributed by atoms with Crippen molar-refractivity contribution in [3.63, 3.8) is 0 Å². The van der Waals surface area contributed by atoms with E-state index in [1.54, 1.807) is 7.11 Å². The second-order valence-corrected chi connectivity index (χ2v) is 6.63. The lowest BCUT2D eigenvalue weighted by Gasteiger charge is -2.40. The maximum atomic E-state index is 12.5. The summed E-state index contributed by atoms with van der Waals surface area (Å²) < 4.78 is 5.28. The SMILES string of the molecule is COc1ccc(C(C2CCCCC2=O)N2CCCCC2)cc1. The molecule has 2 atom stereocenters. The highest BCUT2D eigenvalue weighted by molar-refractivity contribution is 5.82. The molecule has 0 aromatic heterocycles. The fourth-order valence-electron chi connectivity index (χ4n) is 4.04. The van der Waals surface area contributed by atoms with E-state index in [1.165, 1.54) is 31.2 Å². The summed E-state index contributed by atoms with van der Waals surface area (Å²) in [5.74, 6) is 1.54. The largest absolute Gasteiger partial charge is 0.497 e. The number of ketones is 1. The number of rotatable bonds is 4. The lowest BCUT2D eigenvalue weighted by atomic mass is 9.79. The molecule has 3 rings (SSSR count). The molecule has 1 saturated heterocycles. The van der Waals surface area contributed by atoms with Crippen molar-refractivity contribution in [2.24, 2.45) is 5.92 Å². The van der Waals surface area contributed by atoms with E-state index >= 15 is 0 Å². The van der Waals surface area contributed by atoms with Crippen LogP contribution in [-0.4, -0.2) is 30.9 Å². The van der Waals surface area contributed by atoms with Gasteiger partial charge < -0.3 is 4.74 Å². The molecule has 0 amide bonds. The number of nitrogens with zero attached hydrogens (tertiary/aromatic N) is 1. The van der Waals surface area contributed by atoms with Gasteiger partial charge in [-0.25, -0.2) is 0 Å². The molecule has 1 aromatic carbocycles. The predicted molar refractivity (Wildman–Crippen MR) is 88.1 cm³/mol. The minimum absolute atomic E-state index is 0.181. The van der Waals surface area contributed by atoms with E-state index in [0.29, 0.717) is 5.78 Å². The number of hydrogen-bond donors (Lipinski definition) is 0. The zero-order valence-corrected chi connectivity index (χ0v) is 13.6. The number of ether oxygens (including phenoxy) is 1. The van der Waals surface area contributed by atoms with Crippen LogP contribution in [0, 0.1) is 5.92 Å². The Morgan fingerprint density at radius 2 is 1.77 bits per heavy atom. The Balaban J connectivity index is 1.88. The molecule has 1 saturated carbocycles. The van der Waals surface area contributed by atoms with Crippen LogP contribution in [0.5, 0.6) is 5.75 Å². The minimum Gasteiger partial charge on any atom is -0.497 e. The van der Waals surface area contributed by atoms with Gasteiger partial charge in [0, 0.05) is 18.4 Å². The number of carbonyl (C=O) groups excluding carboxylic acids is 1. The van der Waals surface area contributed by atoms with Crippen molar-refractivity contribution >= 4 is 5.78 Å². The van der Waals surface area contributed by atoms with E-state index in [1.807, 2.05) is 12.1 Å². The van der Waals surface area contributed by atoms with Crippen molar-refractivity contribution in [3.8, 4) is 5.75 Å². The number of carbonyl (C=O) groups is 1. The highest BCUT2D eigenvalue weighted by Gasteiger charge is 2.35. The molecule has 1 heterocycles. The highest BCUT2D eigenvalue weighted by Crippen LogP contribution is 2.38. The number of benzene rings is 1. The fraction of sp³-hybridized carbons (Fsp3) is 0.632. The summed E-state index contributed by atoms with van der Waals surface area (Å²) in [6, 6.07) is 8.62. The van der Waals surface area contributed by atoms with E-state index in [9.17, 15) is 4.79 Å². The Labute approximate surface area is 133 Å². The van der Waals surface area contributed by atoms with Crippen LogP contribution in [0.2, 0.25) is 0 Å². The maximum absolute atomic E-state index is 12.5. The van der Waals surface area contributed by atoms with Crippen molar-refractivity contribution in [2.45, 2.75) is 51.0 Å². The van der Waals surface area contributed by atoms with Crippen molar-refractivity contribution in [3.05, 3.63) is 29.8 Å². The highest BCUT2D eigenvalue weighted by atomic mass is 16.5. The fourth-order valence-corrected chi connectivity index (χ4v) is 4.04. The zero-order valence-electron chi connectivity index (χ0n) is 13.6. The molecule has 3 heteroatoms. The molecule has 3 nitrogen and oxygen atoms in total. The van der Waals surface area contributed by atoms with Gasteiger partial charge in [-0.2, -0.15) is 0 Å². The van der Waals surface area contributed by atoms with Gasteiger partial charge in [-0.15, -0.1) is 0 Å². The first kappa shape index (κ1) is 15.5. The van der Waals surface area contributed by atoms with E-state index in [2.05, 4.69) is 17.0 Å². The molecule has 120 valence electrons. The van der Waals surface area contributed by atoms with E-state index in [0.717, 1.165) is 38.1 Å². The van der Waals surface area contributed by atoms with Gasteiger partial charge in [-0.3, -0.25) is 9.69 Å². The van der Waals surface area contributed by atoms with E-state index in [-0.39, 0.29) is 12.0 Å². The summed E-state index contributed by atoms with van der Waals surface area (Å²) in [6.45, 7) is 2.25. The molecule has 22 heavy (non-hydrogen) atoms. The monoisotopic (exact) mass is 301 g/mol. The van der Waals surface area contributed by atoms with Gasteiger partial charge in [0.05, 0.1) is 7.11 Å². The maximum Gasteiger partial charge on any atom is 0.137 e. The molecule has 1 aliphatic carbocycles. The van der Waals surface area contributed by atoms with Crippen molar-refractivity contribution in [2.75, 3.05) is 20.2 Å². The van der Waals surface area contributed by atoms with Gasteiger partial charge in [0.1, 0.15) is 11.5 Å². The van der Waals surface area contributed by atoms with Crippen molar-refractivity contribution in [1.82, 2.24) is 4.90 Å². The second kappa shape index (κ2) is 7.28. The van der Waals surface area contributed by atoms with Crippen molar-refractivity contribution in [1.29, 1.82) is 0 Å². The molecular weight excluding hydrogens is 274 g/mol. The molecule has 0 radical (unpaired) electrons. The number of piperidine rings is 1. The van der Waals surface area contributed by atoms with Crippen LogP contribution in [-0.2, 0) is 4.79 Å². The van der Waals surface area contributed by atoms with E-state index in [4.69, 9.17) is 4.74 Å². The standard InChI is InChI=1S/C19H27NO2/c1-22-16-11-9-15(10-12-16)19(20-13-5-2-6-14-20)17-7-3-4-8-18(17)21/h9-12,17,19H,2-8,13-14H2,1H3. The number of methoxy groups -OCH3 is 1. The second-order valence-electron chi connectivity index (χ2n) is 6.63. The molecular formula is C19H27NO2. The third kappa shape index (κ3) is 3.35. The normalized spacial score (nSPS) is 25.0. The molecule has 2 aliphatic rings. The van der Waals surface area contributed by atoms with Crippen LogP contribution in [0.25, 0.3) is 0 Å². The lowest BCUT2D eigenvalue weighted by molar-refractivity contribution is -0.127. The Kier molecular flexibility index (Phi) is 5.14. The Morgan fingerprint density at radius 1 is 1.05 bits per heavy atom. The first-order chi connectivity index (χ1) is 10.8. The first-order valence-corrected chi connectivity index (χ1v) is 8.70. The summed E-state index contributed by atoms with van der Waals surface area (Å²) in [5, 5.41) is 0. The molecule has 1 aliphatic heterocycles.